The maximum absolute atomic E-state index is 11.8. The van der Waals surface area contributed by atoms with Crippen LogP contribution in [0.4, 0.5) is 11.4 Å². The molecule has 1 heterocycles. The summed E-state index contributed by atoms with van der Waals surface area (Å²) in [5.74, 6) is 0.358. The summed E-state index contributed by atoms with van der Waals surface area (Å²) in [5.41, 5.74) is 6.74. The van der Waals surface area contributed by atoms with E-state index in [9.17, 15) is 4.79 Å². The van der Waals surface area contributed by atoms with Crippen LogP contribution in [-0.4, -0.2) is 18.6 Å². The van der Waals surface area contributed by atoms with Crippen LogP contribution in [0, 0.1) is 11.3 Å². The minimum Gasteiger partial charge on any atom is -0.479 e. The van der Waals surface area contributed by atoms with Crippen molar-refractivity contribution in [3.8, 4) is 11.8 Å². The van der Waals surface area contributed by atoms with Crippen LogP contribution in [0.2, 0.25) is 0 Å². The van der Waals surface area contributed by atoms with Crippen LogP contribution in [0.3, 0.4) is 0 Å². The normalized spacial score (nSPS) is 18.6. The van der Waals surface area contributed by atoms with E-state index in [1.165, 1.54) is 4.90 Å². The van der Waals surface area contributed by atoms with Crippen LogP contribution in [0.5, 0.6) is 5.75 Å². The highest BCUT2D eigenvalue weighted by Crippen LogP contribution is 2.35. The Morgan fingerprint density at radius 1 is 1.62 bits per heavy atom. The topological polar surface area (TPSA) is 79.3 Å². The molecule has 5 nitrogen and oxygen atoms in total. The Bertz CT molecular complexity index is 479. The van der Waals surface area contributed by atoms with E-state index in [2.05, 4.69) is 0 Å². The molecule has 0 saturated carbocycles. The summed E-state index contributed by atoms with van der Waals surface area (Å²) in [4.78, 5) is 13.2. The summed E-state index contributed by atoms with van der Waals surface area (Å²) in [7, 11) is 0. The van der Waals surface area contributed by atoms with Crippen LogP contribution >= 0.6 is 0 Å². The van der Waals surface area contributed by atoms with Crippen molar-refractivity contribution in [1.29, 1.82) is 5.26 Å². The Labute approximate surface area is 93.0 Å². The molecular formula is C11H11N3O2. The van der Waals surface area contributed by atoms with Gasteiger partial charge in [-0.3, -0.25) is 9.69 Å². The molecule has 0 saturated heterocycles. The Kier molecular flexibility index (Phi) is 2.41. The summed E-state index contributed by atoms with van der Waals surface area (Å²) in [6.07, 6.45) is -0.565. The zero-order valence-electron chi connectivity index (χ0n) is 8.80. The van der Waals surface area contributed by atoms with Crippen LogP contribution in [0.25, 0.3) is 0 Å². The van der Waals surface area contributed by atoms with Crippen molar-refractivity contribution >= 4 is 17.3 Å². The number of hydrogen-bond donors (Lipinski definition) is 1. The zero-order chi connectivity index (χ0) is 11.7. The largest absolute Gasteiger partial charge is 0.479 e. The molecular weight excluding hydrogens is 206 g/mol. The molecule has 1 aliphatic rings. The maximum Gasteiger partial charge on any atom is 0.268 e. The average Bonchev–Trinajstić information content (AvgIpc) is 2.26. The van der Waals surface area contributed by atoms with Gasteiger partial charge in [0.1, 0.15) is 12.3 Å². The standard InChI is InChI=1S/C11H11N3O2/c1-7-11(15)14(5-4-12)9-6-8(13)2-3-10(9)16-7/h2-3,6-7H,5,13H2,1H3. The Balaban J connectivity index is 2.50. The fraction of sp³-hybridized carbons (Fsp3) is 0.273. The number of carbonyl (C=O) groups is 1. The van der Waals surface area contributed by atoms with E-state index in [0.717, 1.165) is 0 Å². The van der Waals surface area contributed by atoms with Gasteiger partial charge in [0.15, 0.2) is 6.10 Å². The third-order valence-corrected chi connectivity index (χ3v) is 2.42. The number of ether oxygens (including phenoxy) is 1. The molecule has 16 heavy (non-hydrogen) atoms. The molecule has 1 aromatic rings. The number of nitriles is 1. The highest BCUT2D eigenvalue weighted by Gasteiger charge is 2.31. The van der Waals surface area contributed by atoms with E-state index in [4.69, 9.17) is 15.7 Å². The highest BCUT2D eigenvalue weighted by molar-refractivity contribution is 6.00. The number of nitrogens with two attached hydrogens (primary N) is 1. The van der Waals surface area contributed by atoms with E-state index in [1.54, 1.807) is 25.1 Å². The van der Waals surface area contributed by atoms with Gasteiger partial charge in [-0.15, -0.1) is 0 Å². The molecule has 1 atom stereocenters. The van der Waals surface area contributed by atoms with E-state index in [1.807, 2.05) is 6.07 Å². The molecule has 1 aliphatic heterocycles. The molecule has 82 valence electrons. The van der Waals surface area contributed by atoms with Crippen molar-refractivity contribution in [2.75, 3.05) is 17.2 Å². The van der Waals surface area contributed by atoms with Crippen LogP contribution < -0.4 is 15.4 Å². The van der Waals surface area contributed by atoms with Crippen LogP contribution in [-0.2, 0) is 4.79 Å². The molecule has 0 radical (unpaired) electrons. The molecule has 0 aliphatic carbocycles. The van der Waals surface area contributed by atoms with Gasteiger partial charge in [-0.2, -0.15) is 5.26 Å². The van der Waals surface area contributed by atoms with Crippen molar-refractivity contribution < 1.29 is 9.53 Å². The minimum atomic E-state index is -0.565. The fourth-order valence-corrected chi connectivity index (χ4v) is 1.66. The maximum atomic E-state index is 11.8. The second kappa shape index (κ2) is 3.74. The van der Waals surface area contributed by atoms with E-state index in [-0.39, 0.29) is 12.5 Å². The van der Waals surface area contributed by atoms with E-state index in [0.29, 0.717) is 17.1 Å². The summed E-state index contributed by atoms with van der Waals surface area (Å²) in [6.45, 7) is 1.66. The van der Waals surface area contributed by atoms with Gasteiger partial charge in [-0.25, -0.2) is 0 Å². The smallest absolute Gasteiger partial charge is 0.268 e. The number of benzene rings is 1. The van der Waals surface area contributed by atoms with Crippen molar-refractivity contribution in [2.24, 2.45) is 0 Å². The van der Waals surface area contributed by atoms with Crippen LogP contribution in [0.15, 0.2) is 18.2 Å². The third-order valence-electron chi connectivity index (χ3n) is 2.42. The van der Waals surface area contributed by atoms with Gasteiger partial charge in [0.25, 0.3) is 5.91 Å². The molecule has 1 aromatic carbocycles. The quantitative estimate of drug-likeness (QED) is 0.560. The predicted octanol–water partition coefficient (Wildman–Crippen LogP) is 0.906. The number of carbonyl (C=O) groups excluding carboxylic acids is 1. The molecule has 2 N–H and O–H groups in total. The zero-order valence-corrected chi connectivity index (χ0v) is 8.80. The third kappa shape index (κ3) is 1.54. The molecule has 0 fully saturated rings. The molecule has 1 amide bonds. The summed E-state index contributed by atoms with van der Waals surface area (Å²) >= 11 is 0. The van der Waals surface area contributed by atoms with Crippen molar-refractivity contribution in [1.82, 2.24) is 0 Å². The number of amides is 1. The number of rotatable bonds is 1. The number of fused-ring (bicyclic) bond motifs is 1. The molecule has 5 heteroatoms. The number of anilines is 2. The van der Waals surface area contributed by atoms with Gasteiger partial charge < -0.3 is 10.5 Å². The van der Waals surface area contributed by atoms with Crippen molar-refractivity contribution in [3.63, 3.8) is 0 Å². The Morgan fingerprint density at radius 3 is 3.06 bits per heavy atom. The minimum absolute atomic E-state index is 0.00296. The van der Waals surface area contributed by atoms with Gasteiger partial charge in [0.05, 0.1) is 11.8 Å². The molecule has 1 unspecified atom stereocenters. The van der Waals surface area contributed by atoms with Crippen molar-refractivity contribution in [3.05, 3.63) is 18.2 Å². The molecule has 0 bridgehead atoms. The average molecular weight is 217 g/mol. The number of hydrogen-bond acceptors (Lipinski definition) is 4. The summed E-state index contributed by atoms with van der Waals surface area (Å²) in [6, 6.07) is 7.00. The first kappa shape index (κ1) is 10.3. The van der Waals surface area contributed by atoms with E-state index < -0.39 is 6.10 Å². The van der Waals surface area contributed by atoms with Gasteiger partial charge in [-0.05, 0) is 25.1 Å². The summed E-state index contributed by atoms with van der Waals surface area (Å²) in [5, 5.41) is 8.70. The second-order valence-corrected chi connectivity index (χ2v) is 3.57. The molecule has 0 aromatic heterocycles. The van der Waals surface area contributed by atoms with Gasteiger partial charge in [-0.1, -0.05) is 0 Å². The lowest BCUT2D eigenvalue weighted by Gasteiger charge is -2.31. The van der Waals surface area contributed by atoms with Gasteiger partial charge >= 0.3 is 0 Å². The van der Waals surface area contributed by atoms with Gasteiger partial charge in [0, 0.05) is 5.69 Å². The van der Waals surface area contributed by atoms with Crippen LogP contribution in [0.1, 0.15) is 6.92 Å². The fourth-order valence-electron chi connectivity index (χ4n) is 1.66. The SMILES string of the molecule is CC1Oc2ccc(N)cc2N(CC#N)C1=O. The van der Waals surface area contributed by atoms with E-state index >= 15 is 0 Å². The number of nitrogens with zero attached hydrogens (tertiary/aromatic N) is 2. The Hall–Kier alpha value is -2.22. The lowest BCUT2D eigenvalue weighted by Crippen LogP contribution is -2.44. The lowest BCUT2D eigenvalue weighted by atomic mass is 10.1. The second-order valence-electron chi connectivity index (χ2n) is 3.57. The lowest BCUT2D eigenvalue weighted by molar-refractivity contribution is -0.125. The Morgan fingerprint density at radius 2 is 2.38 bits per heavy atom. The molecule has 2 rings (SSSR count). The molecule has 0 spiro atoms. The first-order chi connectivity index (χ1) is 7.63. The first-order valence-electron chi connectivity index (χ1n) is 4.88. The number of nitrogen functional groups attached to an aromatic ring is 1. The van der Waals surface area contributed by atoms with Crippen molar-refractivity contribution in [2.45, 2.75) is 13.0 Å². The summed E-state index contributed by atoms with van der Waals surface area (Å²) < 4.78 is 5.42. The van der Waals surface area contributed by atoms with Gasteiger partial charge in [0.2, 0.25) is 0 Å². The highest BCUT2D eigenvalue weighted by atomic mass is 16.5. The predicted molar refractivity (Wildman–Crippen MR) is 58.9 cm³/mol. The monoisotopic (exact) mass is 217 g/mol. The first-order valence-corrected chi connectivity index (χ1v) is 4.88.